The van der Waals surface area contributed by atoms with Crippen molar-refractivity contribution in [1.29, 1.82) is 0 Å². The molecule has 136 valence electrons. The number of amides is 2. The number of rotatable bonds is 5. The van der Waals surface area contributed by atoms with Crippen LogP contribution in [0.5, 0.6) is 0 Å². The zero-order valence-electron chi connectivity index (χ0n) is 14.5. The lowest BCUT2D eigenvalue weighted by atomic mass is 9.98. The molecule has 1 aliphatic heterocycles. The van der Waals surface area contributed by atoms with Gasteiger partial charge in [0.25, 0.3) is 0 Å². The number of hydrogen-bond donors (Lipinski definition) is 2. The van der Waals surface area contributed by atoms with Crippen molar-refractivity contribution in [3.63, 3.8) is 0 Å². The van der Waals surface area contributed by atoms with Crippen LogP contribution in [0.4, 0.5) is 5.69 Å². The molecule has 0 aliphatic carbocycles. The van der Waals surface area contributed by atoms with Crippen LogP contribution in [0.15, 0.2) is 48.8 Å². The molecule has 0 saturated carbocycles. The van der Waals surface area contributed by atoms with Gasteiger partial charge in [-0.3, -0.25) is 14.6 Å². The number of pyridine rings is 1. The first kappa shape index (κ1) is 18.0. The van der Waals surface area contributed by atoms with Crippen molar-refractivity contribution in [2.24, 2.45) is 0 Å². The highest BCUT2D eigenvalue weighted by molar-refractivity contribution is 5.88. The Morgan fingerprint density at radius 1 is 1.35 bits per heavy atom. The number of carbonyl (C=O) groups is 2. The lowest BCUT2D eigenvalue weighted by Crippen LogP contribution is -2.52. The Morgan fingerprint density at radius 2 is 2.12 bits per heavy atom. The van der Waals surface area contributed by atoms with E-state index in [0.717, 1.165) is 11.1 Å². The summed E-state index contributed by atoms with van der Waals surface area (Å²) in [6.45, 7) is 1.54. The predicted molar refractivity (Wildman–Crippen MR) is 95.1 cm³/mol. The highest BCUT2D eigenvalue weighted by Gasteiger charge is 2.37. The zero-order valence-corrected chi connectivity index (χ0v) is 14.5. The predicted octanol–water partition coefficient (Wildman–Crippen LogP) is 1.50. The van der Waals surface area contributed by atoms with Gasteiger partial charge < -0.3 is 20.1 Å². The zero-order chi connectivity index (χ0) is 18.5. The number of hydrogen-bond acceptors (Lipinski definition) is 5. The summed E-state index contributed by atoms with van der Waals surface area (Å²) >= 11 is 0. The van der Waals surface area contributed by atoms with Crippen molar-refractivity contribution in [3.05, 3.63) is 59.9 Å². The molecule has 2 N–H and O–H groups in total. The van der Waals surface area contributed by atoms with Gasteiger partial charge in [-0.05, 0) is 29.3 Å². The van der Waals surface area contributed by atoms with Gasteiger partial charge in [0.1, 0.15) is 12.7 Å². The molecule has 0 radical (unpaired) electrons. The maximum Gasteiger partial charge on any atom is 0.249 e. The number of benzene rings is 1. The van der Waals surface area contributed by atoms with Crippen LogP contribution in [0.2, 0.25) is 0 Å². The largest absolute Gasteiger partial charge is 0.394 e. The maximum absolute atomic E-state index is 12.3. The molecule has 2 aromatic rings. The number of morpholine rings is 1. The number of aliphatic hydroxyl groups excluding tert-OH is 1. The first-order valence-electron chi connectivity index (χ1n) is 8.37. The van der Waals surface area contributed by atoms with E-state index in [0.29, 0.717) is 12.2 Å². The van der Waals surface area contributed by atoms with Gasteiger partial charge in [-0.25, -0.2) is 0 Å². The fourth-order valence-corrected chi connectivity index (χ4v) is 3.07. The highest BCUT2D eigenvalue weighted by atomic mass is 16.5. The molecule has 7 nitrogen and oxygen atoms in total. The molecule has 1 saturated heterocycles. The average Bonchev–Trinajstić information content (AvgIpc) is 2.64. The SMILES string of the molecule is CC(=O)Nc1ccc([C@H]2OCC(=O)N(Cc3cccnc3)[C@@H]2CO)cc1. The van der Waals surface area contributed by atoms with Gasteiger partial charge in [-0.2, -0.15) is 0 Å². The van der Waals surface area contributed by atoms with E-state index in [1.54, 1.807) is 29.4 Å². The summed E-state index contributed by atoms with van der Waals surface area (Å²) < 4.78 is 5.71. The summed E-state index contributed by atoms with van der Waals surface area (Å²) in [7, 11) is 0. The van der Waals surface area contributed by atoms with E-state index in [1.165, 1.54) is 6.92 Å². The van der Waals surface area contributed by atoms with Crippen molar-refractivity contribution >= 4 is 17.5 Å². The molecule has 1 aliphatic rings. The number of aliphatic hydroxyl groups is 1. The third kappa shape index (κ3) is 4.07. The number of aromatic nitrogens is 1. The first-order chi connectivity index (χ1) is 12.6. The summed E-state index contributed by atoms with van der Waals surface area (Å²) in [6, 6.07) is 10.4. The number of nitrogens with zero attached hydrogens (tertiary/aromatic N) is 2. The topological polar surface area (TPSA) is 91.8 Å². The molecule has 1 aromatic carbocycles. The van der Waals surface area contributed by atoms with E-state index in [-0.39, 0.29) is 25.0 Å². The average molecular weight is 355 g/mol. The molecular weight excluding hydrogens is 334 g/mol. The van der Waals surface area contributed by atoms with Gasteiger partial charge in [0.15, 0.2) is 0 Å². The summed E-state index contributed by atoms with van der Waals surface area (Å²) in [5.41, 5.74) is 2.41. The monoisotopic (exact) mass is 355 g/mol. The number of nitrogens with one attached hydrogen (secondary N) is 1. The standard InChI is InChI=1S/C19H21N3O4/c1-13(24)21-16-6-4-15(5-7-16)19-17(11-23)22(18(25)12-26-19)10-14-3-2-8-20-9-14/h2-9,17,19,23H,10-12H2,1H3,(H,21,24)/t17-,19-/m1/s1. The number of ether oxygens (including phenoxy) is 1. The van der Waals surface area contributed by atoms with Crippen LogP contribution in [-0.4, -0.2) is 46.1 Å². The van der Waals surface area contributed by atoms with E-state index >= 15 is 0 Å². The van der Waals surface area contributed by atoms with Crippen LogP contribution in [0.1, 0.15) is 24.2 Å². The third-order valence-electron chi connectivity index (χ3n) is 4.28. The van der Waals surface area contributed by atoms with Crippen LogP contribution in [-0.2, 0) is 20.9 Å². The second kappa shape index (κ2) is 8.07. The molecule has 3 rings (SSSR count). The van der Waals surface area contributed by atoms with Gasteiger partial charge in [0.2, 0.25) is 11.8 Å². The lowest BCUT2D eigenvalue weighted by Gasteiger charge is -2.40. The van der Waals surface area contributed by atoms with Gasteiger partial charge >= 0.3 is 0 Å². The normalized spacial score (nSPS) is 20.1. The van der Waals surface area contributed by atoms with Crippen LogP contribution in [0.3, 0.4) is 0 Å². The quantitative estimate of drug-likeness (QED) is 0.848. The molecule has 2 heterocycles. The molecule has 7 heteroatoms. The summed E-state index contributed by atoms with van der Waals surface area (Å²) in [6.07, 6.45) is 2.93. The minimum atomic E-state index is -0.497. The Balaban J connectivity index is 1.80. The first-order valence-corrected chi connectivity index (χ1v) is 8.37. The Labute approximate surface area is 151 Å². The van der Waals surface area contributed by atoms with E-state index in [4.69, 9.17) is 4.74 Å². The molecule has 0 unspecified atom stereocenters. The lowest BCUT2D eigenvalue weighted by molar-refractivity contribution is -0.162. The molecule has 1 aromatic heterocycles. The molecule has 1 fully saturated rings. The third-order valence-corrected chi connectivity index (χ3v) is 4.28. The molecule has 0 bridgehead atoms. The van der Waals surface area contributed by atoms with Crippen molar-refractivity contribution in [3.8, 4) is 0 Å². The second-order valence-corrected chi connectivity index (χ2v) is 6.17. The summed E-state index contributed by atoms with van der Waals surface area (Å²) in [5, 5.41) is 12.6. The number of carbonyl (C=O) groups excluding carboxylic acids is 2. The Hall–Kier alpha value is -2.77. The maximum atomic E-state index is 12.3. The molecule has 2 atom stereocenters. The van der Waals surface area contributed by atoms with E-state index < -0.39 is 12.1 Å². The Morgan fingerprint density at radius 3 is 2.73 bits per heavy atom. The van der Waals surface area contributed by atoms with E-state index in [9.17, 15) is 14.7 Å². The minimum Gasteiger partial charge on any atom is -0.394 e. The van der Waals surface area contributed by atoms with Crippen LogP contribution in [0, 0.1) is 0 Å². The summed E-state index contributed by atoms with van der Waals surface area (Å²) in [4.78, 5) is 29.2. The van der Waals surface area contributed by atoms with Crippen molar-refractivity contribution in [1.82, 2.24) is 9.88 Å². The summed E-state index contributed by atoms with van der Waals surface area (Å²) in [5.74, 6) is -0.313. The smallest absolute Gasteiger partial charge is 0.249 e. The van der Waals surface area contributed by atoms with Gasteiger partial charge in [-0.1, -0.05) is 18.2 Å². The molecular formula is C19H21N3O4. The van der Waals surface area contributed by atoms with E-state index in [1.807, 2.05) is 24.3 Å². The highest BCUT2D eigenvalue weighted by Crippen LogP contribution is 2.30. The van der Waals surface area contributed by atoms with Gasteiger partial charge in [-0.15, -0.1) is 0 Å². The number of anilines is 1. The van der Waals surface area contributed by atoms with Gasteiger partial charge in [0, 0.05) is 31.5 Å². The second-order valence-electron chi connectivity index (χ2n) is 6.17. The molecule has 26 heavy (non-hydrogen) atoms. The van der Waals surface area contributed by atoms with Crippen LogP contribution < -0.4 is 5.32 Å². The van der Waals surface area contributed by atoms with Crippen LogP contribution >= 0.6 is 0 Å². The van der Waals surface area contributed by atoms with E-state index in [2.05, 4.69) is 10.3 Å². The van der Waals surface area contributed by atoms with Crippen LogP contribution in [0.25, 0.3) is 0 Å². The molecule has 2 amide bonds. The van der Waals surface area contributed by atoms with Crippen molar-refractivity contribution < 1.29 is 19.4 Å². The van der Waals surface area contributed by atoms with Gasteiger partial charge in [0.05, 0.1) is 12.6 Å². The fraction of sp³-hybridized carbons (Fsp3) is 0.316. The van der Waals surface area contributed by atoms with Crippen molar-refractivity contribution in [2.45, 2.75) is 25.6 Å². The molecule has 0 spiro atoms. The fourth-order valence-electron chi connectivity index (χ4n) is 3.07. The Bertz CT molecular complexity index is 764. The van der Waals surface area contributed by atoms with Crippen molar-refractivity contribution in [2.75, 3.05) is 18.5 Å². The minimum absolute atomic E-state index is 0.0467. The Kier molecular flexibility index (Phi) is 5.60.